The van der Waals surface area contributed by atoms with Crippen molar-refractivity contribution < 1.29 is 22.6 Å². The number of aromatic nitrogens is 1. The molecule has 1 aliphatic carbocycles. The van der Waals surface area contributed by atoms with E-state index < -0.39 is 11.7 Å². The number of nitrogens with zero attached hydrogens (tertiary/aromatic N) is 2. The molecule has 5 aromatic rings. The van der Waals surface area contributed by atoms with E-state index in [1.54, 1.807) is 14.2 Å². The number of anilines is 3. The van der Waals surface area contributed by atoms with Crippen LogP contribution in [0.3, 0.4) is 0 Å². The molecule has 0 atom stereocenters. The largest absolute Gasteiger partial charge is 0.497 e. The molecule has 44 heavy (non-hydrogen) atoms. The van der Waals surface area contributed by atoms with Crippen LogP contribution in [0.1, 0.15) is 43.4 Å². The van der Waals surface area contributed by atoms with Crippen LogP contribution in [0.25, 0.3) is 22.4 Å². The minimum atomic E-state index is -4.42. The van der Waals surface area contributed by atoms with Gasteiger partial charge in [0.25, 0.3) is 0 Å². The number of fused-ring (bicyclic) bond motifs is 3. The molecule has 224 valence electrons. The van der Waals surface area contributed by atoms with Gasteiger partial charge < -0.3 is 14.4 Å². The lowest BCUT2D eigenvalue weighted by Gasteiger charge is -2.32. The van der Waals surface area contributed by atoms with E-state index in [-0.39, 0.29) is 5.41 Å². The van der Waals surface area contributed by atoms with E-state index in [9.17, 15) is 13.2 Å². The smallest absolute Gasteiger partial charge is 0.417 e. The maximum Gasteiger partial charge on any atom is 0.417 e. The number of methoxy groups -OCH3 is 2. The van der Waals surface area contributed by atoms with Crippen molar-refractivity contribution in [3.8, 4) is 33.9 Å². The second-order valence-corrected chi connectivity index (χ2v) is 10.9. The van der Waals surface area contributed by atoms with Crippen LogP contribution in [0, 0.1) is 0 Å². The molecule has 0 fully saturated rings. The number of pyridine rings is 1. The average molecular weight is 595 g/mol. The van der Waals surface area contributed by atoms with Gasteiger partial charge in [-0.15, -0.1) is 0 Å². The minimum absolute atomic E-state index is 0.270. The Kier molecular flexibility index (Phi) is 7.58. The molecule has 0 amide bonds. The zero-order chi connectivity index (χ0) is 31.1. The monoisotopic (exact) mass is 594 g/mol. The fourth-order valence-corrected chi connectivity index (χ4v) is 6.44. The first-order chi connectivity index (χ1) is 21.2. The molecule has 0 saturated heterocycles. The summed E-state index contributed by atoms with van der Waals surface area (Å²) in [5.41, 5.74) is 8.01. The first-order valence-electron chi connectivity index (χ1n) is 14.6. The first kappa shape index (κ1) is 29.3. The van der Waals surface area contributed by atoms with E-state index >= 15 is 0 Å². The van der Waals surface area contributed by atoms with Gasteiger partial charge >= 0.3 is 6.18 Å². The fraction of sp³-hybridized carbons (Fsp3) is 0.216. The van der Waals surface area contributed by atoms with Crippen molar-refractivity contribution in [3.05, 3.63) is 120 Å². The topological polar surface area (TPSA) is 34.6 Å². The molecule has 7 heteroatoms. The zero-order valence-electron chi connectivity index (χ0n) is 25.1. The molecule has 1 heterocycles. The first-order valence-corrected chi connectivity index (χ1v) is 14.6. The molecule has 0 radical (unpaired) electrons. The lowest BCUT2D eigenvalue weighted by atomic mass is 9.73. The van der Waals surface area contributed by atoms with Gasteiger partial charge in [-0.1, -0.05) is 32.0 Å². The van der Waals surface area contributed by atoms with E-state index in [1.807, 2.05) is 54.6 Å². The number of hydrogen-bond acceptors (Lipinski definition) is 4. The molecule has 0 unspecified atom stereocenters. The predicted molar refractivity (Wildman–Crippen MR) is 169 cm³/mol. The number of hydrogen-bond donors (Lipinski definition) is 0. The van der Waals surface area contributed by atoms with Crippen molar-refractivity contribution in [1.82, 2.24) is 4.98 Å². The molecular weight excluding hydrogens is 561 g/mol. The molecule has 1 aliphatic rings. The van der Waals surface area contributed by atoms with Crippen molar-refractivity contribution in [2.75, 3.05) is 19.1 Å². The van der Waals surface area contributed by atoms with E-state index in [2.05, 4.69) is 54.1 Å². The van der Waals surface area contributed by atoms with Crippen LogP contribution < -0.4 is 14.4 Å². The normalized spacial score (nSPS) is 13.2. The number of halogens is 3. The summed E-state index contributed by atoms with van der Waals surface area (Å²) in [7, 11) is 3.31. The Morgan fingerprint density at radius 1 is 0.659 bits per heavy atom. The summed E-state index contributed by atoms with van der Waals surface area (Å²) < 4.78 is 50.3. The molecule has 0 bridgehead atoms. The Hall–Kier alpha value is -4.78. The van der Waals surface area contributed by atoms with Gasteiger partial charge in [-0.05, 0) is 114 Å². The number of alkyl halides is 3. The van der Waals surface area contributed by atoms with E-state index in [4.69, 9.17) is 9.47 Å². The summed E-state index contributed by atoms with van der Waals surface area (Å²) in [6, 6.07) is 31.3. The summed E-state index contributed by atoms with van der Waals surface area (Å²) in [5, 5.41) is 0. The van der Waals surface area contributed by atoms with Crippen molar-refractivity contribution in [3.63, 3.8) is 0 Å². The highest BCUT2D eigenvalue weighted by molar-refractivity contribution is 5.87. The van der Waals surface area contributed by atoms with Gasteiger partial charge in [0.2, 0.25) is 0 Å². The summed E-state index contributed by atoms with van der Waals surface area (Å²) in [5.74, 6) is 1.56. The van der Waals surface area contributed by atoms with Crippen LogP contribution in [0.4, 0.5) is 30.2 Å². The molecule has 0 aliphatic heterocycles. The van der Waals surface area contributed by atoms with Gasteiger partial charge in [0.05, 0.1) is 25.5 Å². The van der Waals surface area contributed by atoms with Gasteiger partial charge in [0.1, 0.15) is 11.5 Å². The highest BCUT2D eigenvalue weighted by Gasteiger charge is 2.41. The standard InChI is InChI=1S/C37H33F3N2O2/c1-5-36(6-2)33-21-24(35-20-8-25(23-41-35)37(38,39)40)7-18-31(33)32-19-13-28(22-34(32)36)42(26-9-14-29(43-3)15-10-26)27-11-16-30(44-4)17-12-27/h7-23H,5-6H2,1-4H3. The van der Waals surface area contributed by atoms with Crippen LogP contribution in [0.15, 0.2) is 103 Å². The second kappa shape index (κ2) is 11.4. The number of ether oxygens (including phenoxy) is 2. The lowest BCUT2D eigenvalue weighted by molar-refractivity contribution is -0.137. The maximum absolute atomic E-state index is 13.2. The van der Waals surface area contributed by atoms with Gasteiger partial charge in [-0.2, -0.15) is 13.2 Å². The zero-order valence-corrected chi connectivity index (χ0v) is 25.1. The Morgan fingerprint density at radius 2 is 1.18 bits per heavy atom. The van der Waals surface area contributed by atoms with E-state index in [1.165, 1.54) is 22.8 Å². The highest BCUT2D eigenvalue weighted by Crippen LogP contribution is 2.55. The Balaban J connectivity index is 1.46. The average Bonchev–Trinajstić information content (AvgIpc) is 3.33. The molecule has 0 spiro atoms. The number of rotatable bonds is 8. The summed E-state index contributed by atoms with van der Waals surface area (Å²) in [6.45, 7) is 4.39. The van der Waals surface area contributed by atoms with Crippen molar-refractivity contribution in [2.45, 2.75) is 38.3 Å². The van der Waals surface area contributed by atoms with Gasteiger partial charge in [0.15, 0.2) is 0 Å². The molecule has 0 N–H and O–H groups in total. The van der Waals surface area contributed by atoms with Crippen molar-refractivity contribution in [2.24, 2.45) is 0 Å². The van der Waals surface area contributed by atoms with E-state index in [0.29, 0.717) is 5.69 Å². The van der Waals surface area contributed by atoms with E-state index in [0.717, 1.165) is 64.8 Å². The molecule has 4 aromatic carbocycles. The Labute approximate surface area is 255 Å². The van der Waals surface area contributed by atoms with Gasteiger partial charge in [-0.25, -0.2) is 0 Å². The molecule has 6 rings (SSSR count). The predicted octanol–water partition coefficient (Wildman–Crippen LogP) is 10.3. The molecule has 0 saturated carbocycles. The number of benzene rings is 4. The Morgan fingerprint density at radius 3 is 1.66 bits per heavy atom. The fourth-order valence-electron chi connectivity index (χ4n) is 6.44. The quantitative estimate of drug-likeness (QED) is 0.179. The van der Waals surface area contributed by atoms with Crippen LogP contribution >= 0.6 is 0 Å². The second-order valence-electron chi connectivity index (χ2n) is 10.9. The van der Waals surface area contributed by atoms with Crippen LogP contribution in [-0.2, 0) is 11.6 Å². The Bertz CT molecular complexity index is 1730. The summed E-state index contributed by atoms with van der Waals surface area (Å²) in [4.78, 5) is 6.39. The third-order valence-corrected chi connectivity index (χ3v) is 8.86. The third kappa shape index (κ3) is 4.96. The van der Waals surface area contributed by atoms with Crippen molar-refractivity contribution in [1.29, 1.82) is 0 Å². The summed E-state index contributed by atoms with van der Waals surface area (Å²) in [6.07, 6.45) is -1.79. The van der Waals surface area contributed by atoms with Crippen LogP contribution in [0.5, 0.6) is 11.5 Å². The van der Waals surface area contributed by atoms with Gasteiger partial charge in [0, 0.05) is 34.2 Å². The maximum atomic E-state index is 13.2. The molecule has 4 nitrogen and oxygen atoms in total. The molecular formula is C37H33F3N2O2. The molecule has 1 aromatic heterocycles. The minimum Gasteiger partial charge on any atom is -0.497 e. The van der Waals surface area contributed by atoms with Crippen molar-refractivity contribution >= 4 is 17.1 Å². The summed E-state index contributed by atoms with van der Waals surface area (Å²) >= 11 is 0. The van der Waals surface area contributed by atoms with Gasteiger partial charge in [-0.3, -0.25) is 4.98 Å². The van der Waals surface area contributed by atoms with Crippen LogP contribution in [0.2, 0.25) is 0 Å². The highest BCUT2D eigenvalue weighted by atomic mass is 19.4. The third-order valence-electron chi connectivity index (χ3n) is 8.86. The van der Waals surface area contributed by atoms with Crippen LogP contribution in [-0.4, -0.2) is 19.2 Å². The lowest BCUT2D eigenvalue weighted by Crippen LogP contribution is -2.23. The SMILES string of the molecule is CCC1(CC)c2cc(-c3ccc(C(F)(F)F)cn3)ccc2-c2ccc(N(c3ccc(OC)cc3)c3ccc(OC)cc3)cc21.